The Hall–Kier alpha value is -2.60. The molecule has 1 atom stereocenters. The number of benzene rings is 1. The minimum Gasteiger partial charge on any atom is -0.458 e. The largest absolute Gasteiger partial charge is 0.458 e. The fourth-order valence-electron chi connectivity index (χ4n) is 6.88. The van der Waals surface area contributed by atoms with Gasteiger partial charge in [0.15, 0.2) is 13.9 Å². The quantitative estimate of drug-likeness (QED) is 0.109. The summed E-state index contributed by atoms with van der Waals surface area (Å²) in [5.41, 5.74) is 3.40. The van der Waals surface area contributed by atoms with E-state index in [1.807, 2.05) is 18.2 Å². The fourth-order valence-corrected chi connectivity index (χ4v) is 11.9. The molecule has 2 aliphatic rings. The van der Waals surface area contributed by atoms with Gasteiger partial charge >= 0.3 is 5.97 Å². The number of esters is 1. The van der Waals surface area contributed by atoms with Gasteiger partial charge in [-0.15, -0.1) is 0 Å². The van der Waals surface area contributed by atoms with Crippen molar-refractivity contribution >= 4 is 33.3 Å². The molecule has 1 N–H and O–H groups in total. The minimum absolute atomic E-state index is 0.115. The first-order valence-electron chi connectivity index (χ1n) is 15.7. The van der Waals surface area contributed by atoms with Crippen LogP contribution in [0.15, 0.2) is 35.1 Å². The van der Waals surface area contributed by atoms with E-state index in [1.54, 1.807) is 11.5 Å². The number of hydrogen-bond acceptors (Lipinski definition) is 6. The number of fused-ring (bicyclic) bond motifs is 5. The maximum atomic E-state index is 13.7. The third-order valence-electron chi connectivity index (χ3n) is 10.1. The normalized spacial score (nSPS) is 18.1. The molecule has 5 rings (SSSR count). The molecule has 42 heavy (non-hydrogen) atoms. The van der Waals surface area contributed by atoms with Crippen LogP contribution in [0.25, 0.3) is 22.3 Å². The summed E-state index contributed by atoms with van der Waals surface area (Å²) in [4.78, 5) is 31.3. The summed E-state index contributed by atoms with van der Waals surface area (Å²) >= 11 is 0. The van der Waals surface area contributed by atoms with E-state index in [4.69, 9.17) is 14.1 Å². The second-order valence-corrected chi connectivity index (χ2v) is 23.0. The van der Waals surface area contributed by atoms with Crippen molar-refractivity contribution in [2.45, 2.75) is 109 Å². The number of ether oxygens (including phenoxy) is 1. The SMILES string of the molecule is CCC1(O)C(=O)OCc2c1cc1n(c2=O)Cc2c-1nc1ccccc1c2CC[Si](C)(C)CCCO[Si](CC)(CC)CC. The average Bonchev–Trinajstić information content (AvgIpc) is 3.36. The number of cyclic esters (lactones) is 1. The van der Waals surface area contributed by atoms with Crippen molar-refractivity contribution in [2.75, 3.05) is 6.61 Å². The van der Waals surface area contributed by atoms with Crippen LogP contribution < -0.4 is 5.56 Å². The van der Waals surface area contributed by atoms with E-state index < -0.39 is 28.0 Å². The Balaban J connectivity index is 1.44. The molecule has 0 aliphatic carbocycles. The molecule has 0 bridgehead atoms. The summed E-state index contributed by atoms with van der Waals surface area (Å²) in [5, 5.41) is 12.4. The lowest BCUT2D eigenvalue weighted by Crippen LogP contribution is -2.44. The summed E-state index contributed by atoms with van der Waals surface area (Å²) in [5.74, 6) is -0.697. The van der Waals surface area contributed by atoms with Crippen LogP contribution in [0.2, 0.25) is 43.3 Å². The molecule has 0 amide bonds. The van der Waals surface area contributed by atoms with E-state index in [0.29, 0.717) is 23.4 Å². The molecule has 1 aromatic carbocycles. The van der Waals surface area contributed by atoms with Crippen LogP contribution in [-0.2, 0) is 39.1 Å². The van der Waals surface area contributed by atoms with Crippen molar-refractivity contribution in [1.82, 2.24) is 9.55 Å². The lowest BCUT2D eigenvalue weighted by Gasteiger charge is -2.31. The molecule has 2 aromatic heterocycles. The fraction of sp³-hybridized carbons (Fsp3) is 0.545. The zero-order chi connectivity index (χ0) is 30.3. The van der Waals surface area contributed by atoms with Gasteiger partial charge in [-0.2, -0.15) is 0 Å². The molecule has 0 radical (unpaired) electrons. The summed E-state index contributed by atoms with van der Waals surface area (Å²) < 4.78 is 13.5. The standard InChI is InChI=1S/C33H46N2O5Si2/c1-7-33(38)27-20-29-30-25(21-35(29)31(36)26(27)22-39-32(33)37)23(24-14-11-12-15-28(24)34-30)16-19-41(5,6)18-13-17-40-42(8-2,9-3)10-4/h11-12,14-15,20,38H,7-10,13,16-19,21-22H2,1-6H3. The summed E-state index contributed by atoms with van der Waals surface area (Å²) in [6.07, 6.45) is 2.19. The third-order valence-corrected chi connectivity index (χ3v) is 18.1. The van der Waals surface area contributed by atoms with Gasteiger partial charge in [0.05, 0.1) is 29.0 Å². The number of rotatable bonds is 12. The molecule has 4 heterocycles. The van der Waals surface area contributed by atoms with Gasteiger partial charge in [-0.25, -0.2) is 9.78 Å². The van der Waals surface area contributed by atoms with Crippen LogP contribution in [0, 0.1) is 0 Å². The highest BCUT2D eigenvalue weighted by Crippen LogP contribution is 2.41. The highest BCUT2D eigenvalue weighted by atomic mass is 28.4. The molecule has 0 spiro atoms. The van der Waals surface area contributed by atoms with Gasteiger partial charge in [0.25, 0.3) is 5.56 Å². The van der Waals surface area contributed by atoms with Gasteiger partial charge in [-0.3, -0.25) is 4.79 Å². The van der Waals surface area contributed by atoms with Crippen LogP contribution in [0.4, 0.5) is 0 Å². The number of para-hydroxylation sites is 1. The molecule has 0 fully saturated rings. The predicted octanol–water partition coefficient (Wildman–Crippen LogP) is 6.74. The number of aromatic nitrogens is 2. The van der Waals surface area contributed by atoms with Crippen molar-refractivity contribution in [2.24, 2.45) is 0 Å². The third kappa shape index (κ3) is 5.33. The van der Waals surface area contributed by atoms with E-state index >= 15 is 0 Å². The monoisotopic (exact) mass is 606 g/mol. The number of hydrogen-bond donors (Lipinski definition) is 1. The van der Waals surface area contributed by atoms with Gasteiger partial charge in [0, 0.05) is 31.2 Å². The Morgan fingerprint density at radius 1 is 1.05 bits per heavy atom. The smallest absolute Gasteiger partial charge is 0.343 e. The Morgan fingerprint density at radius 2 is 1.76 bits per heavy atom. The number of carbonyl (C=O) groups is 1. The highest BCUT2D eigenvalue weighted by molar-refractivity contribution is 6.77. The second-order valence-electron chi connectivity index (χ2n) is 12.9. The first-order chi connectivity index (χ1) is 20.0. The second kappa shape index (κ2) is 11.8. The van der Waals surface area contributed by atoms with Crippen molar-refractivity contribution in [3.05, 3.63) is 62.9 Å². The Kier molecular flexibility index (Phi) is 8.69. The van der Waals surface area contributed by atoms with Gasteiger partial charge in [-0.1, -0.05) is 71.1 Å². The lowest BCUT2D eigenvalue weighted by molar-refractivity contribution is -0.172. The Bertz CT molecular complexity index is 1550. The van der Waals surface area contributed by atoms with Crippen LogP contribution in [-0.4, -0.2) is 43.6 Å². The number of carbonyl (C=O) groups excluding carboxylic acids is 1. The number of pyridine rings is 2. The van der Waals surface area contributed by atoms with Gasteiger partial charge in [0.2, 0.25) is 0 Å². The molecule has 0 saturated heterocycles. The van der Waals surface area contributed by atoms with Crippen molar-refractivity contribution in [1.29, 1.82) is 0 Å². The zero-order valence-electron chi connectivity index (χ0n) is 26.1. The molecular formula is C33H46N2O5Si2. The number of aryl methyl sites for hydroxylation is 1. The van der Waals surface area contributed by atoms with E-state index in [2.05, 4.69) is 46.0 Å². The zero-order valence-corrected chi connectivity index (χ0v) is 28.1. The number of aliphatic hydroxyl groups is 1. The molecule has 2 aliphatic heterocycles. The molecule has 226 valence electrons. The minimum atomic E-state index is -1.82. The molecule has 3 aromatic rings. The van der Waals surface area contributed by atoms with Gasteiger partial charge in [-0.05, 0) is 55.1 Å². The maximum Gasteiger partial charge on any atom is 0.343 e. The van der Waals surface area contributed by atoms with Crippen LogP contribution in [0.5, 0.6) is 0 Å². The van der Waals surface area contributed by atoms with E-state index in [-0.39, 0.29) is 18.6 Å². The Morgan fingerprint density at radius 3 is 2.45 bits per heavy atom. The van der Waals surface area contributed by atoms with Gasteiger partial charge < -0.3 is 18.8 Å². The van der Waals surface area contributed by atoms with Gasteiger partial charge in [0.1, 0.15) is 6.61 Å². The first kappa shape index (κ1) is 30.8. The van der Waals surface area contributed by atoms with Crippen LogP contribution >= 0.6 is 0 Å². The summed E-state index contributed by atoms with van der Waals surface area (Å²) in [6.45, 7) is 14.8. The van der Waals surface area contributed by atoms with Crippen LogP contribution in [0.3, 0.4) is 0 Å². The molecule has 9 heteroatoms. The van der Waals surface area contributed by atoms with E-state index in [1.165, 1.54) is 29.7 Å². The molecule has 0 saturated carbocycles. The van der Waals surface area contributed by atoms with E-state index in [9.17, 15) is 14.7 Å². The average molecular weight is 607 g/mol. The molecular weight excluding hydrogens is 561 g/mol. The summed E-state index contributed by atoms with van der Waals surface area (Å²) in [6, 6.07) is 16.0. The van der Waals surface area contributed by atoms with Crippen molar-refractivity contribution < 1.29 is 19.1 Å². The Labute approximate surface area is 251 Å². The molecule has 7 nitrogen and oxygen atoms in total. The summed E-state index contributed by atoms with van der Waals surface area (Å²) in [7, 11) is -3.07. The lowest BCUT2D eigenvalue weighted by atomic mass is 9.86. The predicted molar refractivity (Wildman–Crippen MR) is 173 cm³/mol. The van der Waals surface area contributed by atoms with E-state index in [0.717, 1.165) is 47.7 Å². The van der Waals surface area contributed by atoms with Crippen molar-refractivity contribution in [3.8, 4) is 11.4 Å². The van der Waals surface area contributed by atoms with Crippen molar-refractivity contribution in [3.63, 3.8) is 0 Å². The topological polar surface area (TPSA) is 90.7 Å². The highest BCUT2D eigenvalue weighted by Gasteiger charge is 2.45. The first-order valence-corrected chi connectivity index (χ1v) is 21.7. The number of nitrogens with zero attached hydrogens (tertiary/aromatic N) is 2. The maximum absolute atomic E-state index is 13.7. The van der Waals surface area contributed by atoms with Crippen LogP contribution in [0.1, 0.15) is 62.8 Å². The molecule has 1 unspecified atom stereocenters.